The van der Waals surface area contributed by atoms with Crippen LogP contribution in [0, 0.1) is 6.92 Å². The highest BCUT2D eigenvalue weighted by molar-refractivity contribution is 5.92. The van der Waals surface area contributed by atoms with E-state index in [1.165, 1.54) is 25.7 Å². The van der Waals surface area contributed by atoms with Crippen LogP contribution in [0.3, 0.4) is 0 Å². The molecular weight excluding hydrogens is 238 g/mol. The van der Waals surface area contributed by atoms with Crippen molar-refractivity contribution in [1.82, 2.24) is 4.90 Å². The smallest absolute Gasteiger partial charge is 0.238 e. The van der Waals surface area contributed by atoms with Gasteiger partial charge in [-0.3, -0.25) is 9.69 Å². The van der Waals surface area contributed by atoms with Crippen molar-refractivity contribution in [2.75, 3.05) is 24.6 Å². The number of hydrogen-bond acceptors (Lipinski definition) is 3. The van der Waals surface area contributed by atoms with Crippen molar-refractivity contribution in [3.8, 4) is 0 Å². The van der Waals surface area contributed by atoms with Crippen LogP contribution in [0.25, 0.3) is 0 Å². The number of nitrogens with one attached hydrogen (secondary N) is 1. The van der Waals surface area contributed by atoms with Gasteiger partial charge in [0.1, 0.15) is 0 Å². The number of likely N-dealkylation sites (N-methyl/N-ethyl adjacent to an activating group) is 1. The third-order valence-corrected chi connectivity index (χ3v) is 3.90. The van der Waals surface area contributed by atoms with Gasteiger partial charge in [0.25, 0.3) is 0 Å². The lowest BCUT2D eigenvalue weighted by atomic mass is 10.2. The summed E-state index contributed by atoms with van der Waals surface area (Å²) in [6.07, 6.45) is 4.98. The third-order valence-electron chi connectivity index (χ3n) is 3.90. The fraction of sp³-hybridized carbons (Fsp3) is 0.533. The summed E-state index contributed by atoms with van der Waals surface area (Å²) in [5, 5.41) is 2.90. The molecule has 0 atom stereocenters. The minimum absolute atomic E-state index is 0.0256. The number of nitrogens with zero attached hydrogens (tertiary/aromatic N) is 1. The Labute approximate surface area is 115 Å². The second-order valence-electron chi connectivity index (χ2n) is 5.47. The zero-order chi connectivity index (χ0) is 13.8. The van der Waals surface area contributed by atoms with Gasteiger partial charge in [-0.2, -0.15) is 0 Å². The molecule has 0 spiro atoms. The highest BCUT2D eigenvalue weighted by Crippen LogP contribution is 2.22. The average molecular weight is 261 g/mol. The van der Waals surface area contributed by atoms with E-state index in [0.717, 1.165) is 11.3 Å². The van der Waals surface area contributed by atoms with Crippen molar-refractivity contribution in [3.63, 3.8) is 0 Å². The van der Waals surface area contributed by atoms with E-state index in [1.54, 1.807) is 0 Å². The van der Waals surface area contributed by atoms with Gasteiger partial charge < -0.3 is 11.1 Å². The van der Waals surface area contributed by atoms with E-state index in [2.05, 4.69) is 10.2 Å². The highest BCUT2D eigenvalue weighted by atomic mass is 16.2. The molecule has 0 radical (unpaired) electrons. The zero-order valence-corrected chi connectivity index (χ0v) is 11.8. The van der Waals surface area contributed by atoms with E-state index in [4.69, 9.17) is 5.73 Å². The number of carbonyl (C=O) groups excluding carboxylic acids is 1. The van der Waals surface area contributed by atoms with E-state index in [0.29, 0.717) is 18.3 Å². The molecule has 0 aliphatic heterocycles. The van der Waals surface area contributed by atoms with Crippen LogP contribution < -0.4 is 11.1 Å². The summed E-state index contributed by atoms with van der Waals surface area (Å²) in [7, 11) is 2.03. The van der Waals surface area contributed by atoms with E-state index in [1.807, 2.05) is 32.2 Å². The summed E-state index contributed by atoms with van der Waals surface area (Å²) in [6.45, 7) is 2.40. The van der Waals surface area contributed by atoms with Crippen molar-refractivity contribution in [2.45, 2.75) is 38.6 Å². The number of benzene rings is 1. The summed E-state index contributed by atoms with van der Waals surface area (Å²) in [5.74, 6) is 0.0256. The minimum atomic E-state index is 0.0256. The number of aryl methyl sites for hydroxylation is 1. The van der Waals surface area contributed by atoms with E-state index >= 15 is 0 Å². The first-order chi connectivity index (χ1) is 9.06. The van der Waals surface area contributed by atoms with E-state index in [-0.39, 0.29) is 5.91 Å². The molecule has 2 rings (SSSR count). The lowest BCUT2D eigenvalue weighted by Gasteiger charge is -2.23. The Morgan fingerprint density at radius 1 is 1.42 bits per heavy atom. The molecule has 19 heavy (non-hydrogen) atoms. The molecule has 1 fully saturated rings. The van der Waals surface area contributed by atoms with Gasteiger partial charge in [0, 0.05) is 17.4 Å². The van der Waals surface area contributed by atoms with Crippen LogP contribution in [0.4, 0.5) is 11.4 Å². The molecule has 4 heteroatoms. The maximum atomic E-state index is 12.0. The molecule has 1 aliphatic rings. The van der Waals surface area contributed by atoms with E-state index < -0.39 is 0 Å². The summed E-state index contributed by atoms with van der Waals surface area (Å²) in [4.78, 5) is 14.1. The Morgan fingerprint density at radius 2 is 2.11 bits per heavy atom. The molecule has 1 aromatic rings. The maximum absolute atomic E-state index is 12.0. The van der Waals surface area contributed by atoms with Gasteiger partial charge in [-0.05, 0) is 44.5 Å². The molecule has 0 bridgehead atoms. The number of rotatable bonds is 4. The van der Waals surface area contributed by atoms with Gasteiger partial charge >= 0.3 is 0 Å². The Balaban J connectivity index is 1.88. The molecule has 3 N–H and O–H groups in total. The molecule has 1 aromatic carbocycles. The van der Waals surface area contributed by atoms with Gasteiger partial charge in [-0.25, -0.2) is 0 Å². The van der Waals surface area contributed by atoms with Crippen molar-refractivity contribution >= 4 is 17.3 Å². The monoisotopic (exact) mass is 261 g/mol. The highest BCUT2D eigenvalue weighted by Gasteiger charge is 2.21. The van der Waals surface area contributed by atoms with Crippen molar-refractivity contribution in [3.05, 3.63) is 23.8 Å². The fourth-order valence-corrected chi connectivity index (χ4v) is 2.62. The summed E-state index contributed by atoms with van der Waals surface area (Å²) in [6, 6.07) is 6.18. The second kappa shape index (κ2) is 6.06. The Hall–Kier alpha value is -1.55. The number of carbonyl (C=O) groups is 1. The Bertz CT molecular complexity index is 453. The standard InChI is InChI=1S/C15H23N3O/c1-11-7-8-12(9-14(11)16)17-15(19)10-18(2)13-5-3-4-6-13/h7-9,13H,3-6,10,16H2,1-2H3,(H,17,19). The fourth-order valence-electron chi connectivity index (χ4n) is 2.62. The summed E-state index contributed by atoms with van der Waals surface area (Å²) in [5.41, 5.74) is 8.35. The SMILES string of the molecule is Cc1ccc(NC(=O)CN(C)C2CCCC2)cc1N. The number of hydrogen-bond donors (Lipinski definition) is 2. The molecule has 1 saturated carbocycles. The number of nitrogen functional groups attached to an aromatic ring is 1. The number of anilines is 2. The van der Waals surface area contributed by atoms with Crippen LogP contribution in [-0.4, -0.2) is 30.4 Å². The van der Waals surface area contributed by atoms with Gasteiger partial charge in [0.15, 0.2) is 0 Å². The maximum Gasteiger partial charge on any atom is 0.238 e. The van der Waals surface area contributed by atoms with Crippen LogP contribution in [-0.2, 0) is 4.79 Å². The predicted molar refractivity (Wildman–Crippen MR) is 79.1 cm³/mol. The van der Waals surface area contributed by atoms with Crippen LogP contribution in [0.1, 0.15) is 31.2 Å². The zero-order valence-electron chi connectivity index (χ0n) is 11.8. The molecular formula is C15H23N3O. The van der Waals surface area contributed by atoms with Crippen molar-refractivity contribution < 1.29 is 4.79 Å². The third kappa shape index (κ3) is 3.70. The average Bonchev–Trinajstić information content (AvgIpc) is 2.87. The van der Waals surface area contributed by atoms with Gasteiger partial charge in [0.05, 0.1) is 6.54 Å². The second-order valence-corrected chi connectivity index (χ2v) is 5.47. The van der Waals surface area contributed by atoms with Gasteiger partial charge in [-0.1, -0.05) is 18.9 Å². The van der Waals surface area contributed by atoms with Crippen LogP contribution in [0.5, 0.6) is 0 Å². The van der Waals surface area contributed by atoms with Crippen LogP contribution in [0.15, 0.2) is 18.2 Å². The minimum Gasteiger partial charge on any atom is -0.398 e. The molecule has 0 saturated heterocycles. The molecule has 0 heterocycles. The first kappa shape index (κ1) is 13.9. The van der Waals surface area contributed by atoms with Crippen molar-refractivity contribution in [1.29, 1.82) is 0 Å². The van der Waals surface area contributed by atoms with Crippen LogP contribution >= 0.6 is 0 Å². The molecule has 1 amide bonds. The summed E-state index contributed by atoms with van der Waals surface area (Å²) < 4.78 is 0. The lowest BCUT2D eigenvalue weighted by Crippen LogP contribution is -2.36. The number of amides is 1. The largest absolute Gasteiger partial charge is 0.398 e. The van der Waals surface area contributed by atoms with E-state index in [9.17, 15) is 4.79 Å². The Kier molecular flexibility index (Phi) is 4.43. The quantitative estimate of drug-likeness (QED) is 0.818. The predicted octanol–water partition coefficient (Wildman–Crippen LogP) is 2.39. The first-order valence-electron chi connectivity index (χ1n) is 6.92. The first-order valence-corrected chi connectivity index (χ1v) is 6.92. The Morgan fingerprint density at radius 3 is 2.74 bits per heavy atom. The van der Waals surface area contributed by atoms with Crippen LogP contribution in [0.2, 0.25) is 0 Å². The lowest BCUT2D eigenvalue weighted by molar-refractivity contribution is -0.117. The van der Waals surface area contributed by atoms with Crippen molar-refractivity contribution in [2.24, 2.45) is 0 Å². The molecule has 1 aliphatic carbocycles. The molecule has 4 nitrogen and oxygen atoms in total. The molecule has 104 valence electrons. The van der Waals surface area contributed by atoms with Gasteiger partial charge in [-0.15, -0.1) is 0 Å². The van der Waals surface area contributed by atoms with Gasteiger partial charge in [0.2, 0.25) is 5.91 Å². The molecule has 0 unspecified atom stereocenters. The number of nitrogens with two attached hydrogens (primary N) is 1. The topological polar surface area (TPSA) is 58.4 Å². The normalized spacial score (nSPS) is 15.9. The molecule has 0 aromatic heterocycles. The summed E-state index contributed by atoms with van der Waals surface area (Å²) >= 11 is 0.